The summed E-state index contributed by atoms with van der Waals surface area (Å²) in [4.78, 5) is 13.8. The van der Waals surface area contributed by atoms with Crippen molar-refractivity contribution in [2.45, 2.75) is 45.8 Å². The van der Waals surface area contributed by atoms with E-state index in [1.165, 1.54) is 0 Å². The van der Waals surface area contributed by atoms with E-state index in [0.717, 1.165) is 16.9 Å². The van der Waals surface area contributed by atoms with Crippen molar-refractivity contribution in [1.29, 1.82) is 0 Å². The predicted octanol–water partition coefficient (Wildman–Crippen LogP) is 5.37. The zero-order valence-electron chi connectivity index (χ0n) is 16.4. The molecule has 1 unspecified atom stereocenters. The maximum Gasteiger partial charge on any atom is 0.410 e. The number of benzene rings is 2. The molecule has 1 atom stereocenters. The van der Waals surface area contributed by atoms with Crippen LogP contribution in [0.25, 0.3) is 0 Å². The smallest absolute Gasteiger partial charge is 0.410 e. The lowest BCUT2D eigenvalue weighted by Gasteiger charge is -2.26. The van der Waals surface area contributed by atoms with Crippen LogP contribution in [0.3, 0.4) is 0 Å². The van der Waals surface area contributed by atoms with Gasteiger partial charge < -0.3 is 14.4 Å². The number of rotatable bonds is 6. The molecular formula is C22H29NO3. The van der Waals surface area contributed by atoms with Crippen LogP contribution in [0.2, 0.25) is 0 Å². The van der Waals surface area contributed by atoms with Gasteiger partial charge in [0.15, 0.2) is 0 Å². The number of carbonyl (C=O) groups is 1. The van der Waals surface area contributed by atoms with Gasteiger partial charge in [-0.15, -0.1) is 0 Å². The molecule has 2 aromatic rings. The van der Waals surface area contributed by atoms with E-state index in [9.17, 15) is 4.79 Å². The van der Waals surface area contributed by atoms with E-state index in [1.54, 1.807) is 11.9 Å². The summed E-state index contributed by atoms with van der Waals surface area (Å²) < 4.78 is 11.7. The van der Waals surface area contributed by atoms with E-state index in [2.05, 4.69) is 0 Å². The lowest BCUT2D eigenvalue weighted by Crippen LogP contribution is -2.35. The van der Waals surface area contributed by atoms with Crippen LogP contribution in [0.15, 0.2) is 54.6 Å². The fraction of sp³-hybridized carbons (Fsp3) is 0.409. The second-order valence-corrected chi connectivity index (χ2v) is 7.52. The Hall–Kier alpha value is -2.49. The van der Waals surface area contributed by atoms with E-state index in [1.807, 2.05) is 82.3 Å². The molecule has 2 rings (SSSR count). The standard InChI is InChI=1S/C22H29NO3/c1-17-10-9-13-19(16-17)25-20(18-11-7-6-8-12-18)14-15-23(5)21(24)26-22(2,3)4/h6-13,16,20H,14-15H2,1-5H3. The molecule has 2 aromatic carbocycles. The van der Waals surface area contributed by atoms with Crippen molar-refractivity contribution < 1.29 is 14.3 Å². The van der Waals surface area contributed by atoms with Crippen molar-refractivity contribution >= 4 is 6.09 Å². The highest BCUT2D eigenvalue weighted by Gasteiger charge is 2.21. The minimum Gasteiger partial charge on any atom is -0.486 e. The first-order valence-corrected chi connectivity index (χ1v) is 8.97. The highest BCUT2D eigenvalue weighted by atomic mass is 16.6. The van der Waals surface area contributed by atoms with Gasteiger partial charge in [-0.3, -0.25) is 0 Å². The maximum absolute atomic E-state index is 12.2. The number of carbonyl (C=O) groups excluding carboxylic acids is 1. The number of aryl methyl sites for hydroxylation is 1. The molecule has 140 valence electrons. The van der Waals surface area contributed by atoms with E-state index in [-0.39, 0.29) is 12.2 Å². The summed E-state index contributed by atoms with van der Waals surface area (Å²) in [7, 11) is 1.75. The summed E-state index contributed by atoms with van der Waals surface area (Å²) in [6, 6.07) is 18.1. The lowest BCUT2D eigenvalue weighted by molar-refractivity contribution is 0.0278. The molecule has 0 spiro atoms. The van der Waals surface area contributed by atoms with Crippen LogP contribution in [0.5, 0.6) is 5.75 Å². The van der Waals surface area contributed by atoms with E-state index >= 15 is 0 Å². The summed E-state index contributed by atoms with van der Waals surface area (Å²) in [5.74, 6) is 0.832. The number of hydrogen-bond donors (Lipinski definition) is 0. The summed E-state index contributed by atoms with van der Waals surface area (Å²) in [5.41, 5.74) is 1.74. The SMILES string of the molecule is Cc1cccc(OC(CCN(C)C(=O)OC(C)(C)C)c2ccccc2)c1. The summed E-state index contributed by atoms with van der Waals surface area (Å²) in [6.45, 7) is 8.19. The summed E-state index contributed by atoms with van der Waals surface area (Å²) >= 11 is 0. The first-order chi connectivity index (χ1) is 12.2. The third-order valence-electron chi connectivity index (χ3n) is 3.87. The lowest BCUT2D eigenvalue weighted by atomic mass is 10.1. The molecule has 1 amide bonds. The van der Waals surface area contributed by atoms with Crippen molar-refractivity contribution in [3.63, 3.8) is 0 Å². The molecule has 0 aliphatic heterocycles. The van der Waals surface area contributed by atoms with Gasteiger partial charge in [0.05, 0.1) is 0 Å². The molecule has 0 saturated heterocycles. The molecular weight excluding hydrogens is 326 g/mol. The Morgan fingerprint density at radius 3 is 2.38 bits per heavy atom. The van der Waals surface area contributed by atoms with Gasteiger partial charge in [-0.25, -0.2) is 4.79 Å². The number of nitrogens with zero attached hydrogens (tertiary/aromatic N) is 1. The van der Waals surface area contributed by atoms with Crippen molar-refractivity contribution in [1.82, 2.24) is 4.90 Å². The van der Waals surface area contributed by atoms with E-state index < -0.39 is 5.60 Å². The normalized spacial score (nSPS) is 12.3. The molecule has 4 nitrogen and oxygen atoms in total. The monoisotopic (exact) mass is 355 g/mol. The highest BCUT2D eigenvalue weighted by Crippen LogP contribution is 2.26. The Labute approximate surface area is 156 Å². The van der Waals surface area contributed by atoms with Crippen molar-refractivity contribution in [3.8, 4) is 5.75 Å². The number of ether oxygens (including phenoxy) is 2. The number of hydrogen-bond acceptors (Lipinski definition) is 3. The molecule has 0 saturated carbocycles. The molecule has 0 fully saturated rings. The van der Waals surface area contributed by atoms with Crippen LogP contribution in [0, 0.1) is 6.92 Å². The summed E-state index contributed by atoms with van der Waals surface area (Å²) in [5, 5.41) is 0. The van der Waals surface area contributed by atoms with Crippen molar-refractivity contribution in [2.24, 2.45) is 0 Å². The minimum absolute atomic E-state index is 0.136. The molecule has 0 aromatic heterocycles. The average Bonchev–Trinajstić information content (AvgIpc) is 2.57. The molecule has 0 aliphatic carbocycles. The minimum atomic E-state index is -0.498. The second-order valence-electron chi connectivity index (χ2n) is 7.52. The first kappa shape index (κ1) is 19.8. The van der Waals surface area contributed by atoms with Crippen LogP contribution >= 0.6 is 0 Å². The Bertz CT molecular complexity index is 707. The Morgan fingerprint density at radius 1 is 1.08 bits per heavy atom. The van der Waals surface area contributed by atoms with Gasteiger partial charge in [0.1, 0.15) is 17.5 Å². The fourth-order valence-electron chi connectivity index (χ4n) is 2.56. The van der Waals surface area contributed by atoms with Crippen molar-refractivity contribution in [2.75, 3.05) is 13.6 Å². The average molecular weight is 355 g/mol. The van der Waals surface area contributed by atoms with Crippen LogP contribution in [-0.2, 0) is 4.74 Å². The van der Waals surface area contributed by atoms with Gasteiger partial charge in [-0.1, -0.05) is 42.5 Å². The molecule has 0 aliphatic rings. The molecule has 0 radical (unpaired) electrons. The number of amides is 1. The molecule has 26 heavy (non-hydrogen) atoms. The predicted molar refractivity (Wildman–Crippen MR) is 104 cm³/mol. The first-order valence-electron chi connectivity index (χ1n) is 8.97. The van der Waals surface area contributed by atoms with Gasteiger partial charge >= 0.3 is 6.09 Å². The van der Waals surface area contributed by atoms with Crippen LogP contribution in [0.4, 0.5) is 4.79 Å². The third-order valence-corrected chi connectivity index (χ3v) is 3.87. The third kappa shape index (κ3) is 6.43. The topological polar surface area (TPSA) is 38.8 Å². The second kappa shape index (κ2) is 8.75. The fourth-order valence-corrected chi connectivity index (χ4v) is 2.56. The Kier molecular flexibility index (Phi) is 6.67. The van der Waals surface area contributed by atoms with Crippen LogP contribution < -0.4 is 4.74 Å². The Morgan fingerprint density at radius 2 is 1.77 bits per heavy atom. The molecule has 0 N–H and O–H groups in total. The van der Waals surface area contributed by atoms with Crippen LogP contribution in [-0.4, -0.2) is 30.2 Å². The zero-order valence-corrected chi connectivity index (χ0v) is 16.4. The highest BCUT2D eigenvalue weighted by molar-refractivity contribution is 5.67. The largest absolute Gasteiger partial charge is 0.486 e. The molecule has 0 heterocycles. The van der Waals surface area contributed by atoms with Gasteiger partial charge in [0.25, 0.3) is 0 Å². The van der Waals surface area contributed by atoms with E-state index in [4.69, 9.17) is 9.47 Å². The van der Waals surface area contributed by atoms with Gasteiger partial charge in [-0.2, -0.15) is 0 Å². The van der Waals surface area contributed by atoms with Gasteiger partial charge in [0, 0.05) is 20.0 Å². The summed E-state index contributed by atoms with van der Waals surface area (Å²) in [6.07, 6.45) is 0.219. The van der Waals surface area contributed by atoms with Gasteiger partial charge in [-0.05, 0) is 51.0 Å². The van der Waals surface area contributed by atoms with E-state index in [0.29, 0.717) is 13.0 Å². The molecule has 0 bridgehead atoms. The maximum atomic E-state index is 12.2. The van der Waals surface area contributed by atoms with Gasteiger partial charge in [0.2, 0.25) is 0 Å². The quantitative estimate of drug-likeness (QED) is 0.699. The Balaban J connectivity index is 2.06. The van der Waals surface area contributed by atoms with Crippen molar-refractivity contribution in [3.05, 3.63) is 65.7 Å². The zero-order chi connectivity index (χ0) is 19.2. The molecule has 4 heteroatoms. The van der Waals surface area contributed by atoms with Crippen LogP contribution in [0.1, 0.15) is 44.4 Å².